The van der Waals surface area contributed by atoms with Gasteiger partial charge >= 0.3 is 0 Å². The molecule has 2 heterocycles. The summed E-state index contributed by atoms with van der Waals surface area (Å²) in [5, 5.41) is 10.5. The Morgan fingerprint density at radius 1 is 1.32 bits per heavy atom. The van der Waals surface area contributed by atoms with Crippen molar-refractivity contribution in [2.45, 2.75) is 31.4 Å². The average molecular weight is 306 g/mol. The summed E-state index contributed by atoms with van der Waals surface area (Å²) >= 11 is 0. The molecule has 0 radical (unpaired) electrons. The van der Waals surface area contributed by atoms with E-state index in [1.54, 1.807) is 0 Å². The number of rotatable bonds is 4. The number of amides is 1. The van der Waals surface area contributed by atoms with Gasteiger partial charge in [-0.1, -0.05) is 6.07 Å². The van der Waals surface area contributed by atoms with Gasteiger partial charge in [0.2, 0.25) is 5.91 Å². The smallest absolute Gasteiger partial charge is 0.220 e. The van der Waals surface area contributed by atoms with E-state index in [-0.39, 0.29) is 6.42 Å². The molecule has 0 saturated carbocycles. The first-order valence-corrected chi connectivity index (χ1v) is 7.66. The Hall–Kier alpha value is -1.79. The topological polar surface area (TPSA) is 85.0 Å². The molecule has 1 atom stereocenters. The number of fused-ring (bicyclic) bond motifs is 1. The lowest BCUT2D eigenvalue weighted by Gasteiger charge is -2.38. The molecule has 1 unspecified atom stereocenters. The van der Waals surface area contributed by atoms with E-state index in [0.717, 1.165) is 30.0 Å². The standard InChI is InChI=1S/C16H22N2O4/c17-15(19)9-16(20)4-1-5-18(11-16)10-12-2-3-13-14(8-12)22-7-6-21-13/h2-3,8,20H,1,4-7,9-11H2,(H2,17,19). The van der Waals surface area contributed by atoms with Crippen molar-refractivity contribution in [1.29, 1.82) is 0 Å². The number of nitrogens with two attached hydrogens (primary N) is 1. The SMILES string of the molecule is NC(=O)CC1(O)CCCN(Cc2ccc3c(c2)OCCO3)C1. The molecule has 1 aromatic rings. The number of nitrogens with zero attached hydrogens (tertiary/aromatic N) is 1. The summed E-state index contributed by atoms with van der Waals surface area (Å²) in [6.07, 6.45) is 1.49. The second-order valence-electron chi connectivity index (χ2n) is 6.16. The molecular formula is C16H22N2O4. The van der Waals surface area contributed by atoms with Crippen LogP contribution >= 0.6 is 0 Å². The van der Waals surface area contributed by atoms with Crippen molar-refractivity contribution in [2.75, 3.05) is 26.3 Å². The highest BCUT2D eigenvalue weighted by Crippen LogP contribution is 2.32. The number of carbonyl (C=O) groups is 1. The lowest BCUT2D eigenvalue weighted by molar-refractivity contribution is -0.125. The summed E-state index contributed by atoms with van der Waals surface area (Å²) in [6, 6.07) is 5.91. The molecule has 3 rings (SSSR count). The molecule has 22 heavy (non-hydrogen) atoms. The first kappa shape index (κ1) is 15.1. The molecule has 0 aliphatic carbocycles. The van der Waals surface area contributed by atoms with Crippen LogP contribution in [-0.4, -0.2) is 47.8 Å². The lowest BCUT2D eigenvalue weighted by Crippen LogP contribution is -2.49. The van der Waals surface area contributed by atoms with Crippen LogP contribution in [0.1, 0.15) is 24.8 Å². The lowest BCUT2D eigenvalue weighted by atomic mass is 9.89. The van der Waals surface area contributed by atoms with E-state index in [1.807, 2.05) is 18.2 Å². The minimum atomic E-state index is -1.00. The summed E-state index contributed by atoms with van der Waals surface area (Å²) in [6.45, 7) is 3.22. The van der Waals surface area contributed by atoms with Crippen molar-refractivity contribution < 1.29 is 19.4 Å². The Morgan fingerprint density at radius 3 is 2.86 bits per heavy atom. The number of hydrogen-bond acceptors (Lipinski definition) is 5. The van der Waals surface area contributed by atoms with Crippen LogP contribution < -0.4 is 15.2 Å². The summed E-state index contributed by atoms with van der Waals surface area (Å²) in [5.74, 6) is 1.09. The highest BCUT2D eigenvalue weighted by atomic mass is 16.6. The van der Waals surface area contributed by atoms with Gasteiger partial charge < -0.3 is 20.3 Å². The molecule has 1 aromatic carbocycles. The second kappa shape index (κ2) is 6.14. The second-order valence-corrected chi connectivity index (χ2v) is 6.16. The maximum Gasteiger partial charge on any atom is 0.220 e. The van der Waals surface area contributed by atoms with Crippen LogP contribution in [0.5, 0.6) is 11.5 Å². The molecule has 1 amide bonds. The van der Waals surface area contributed by atoms with Gasteiger partial charge in [-0.15, -0.1) is 0 Å². The molecular weight excluding hydrogens is 284 g/mol. The summed E-state index contributed by atoms with van der Waals surface area (Å²) < 4.78 is 11.1. The van der Waals surface area contributed by atoms with Crippen LogP contribution in [0.2, 0.25) is 0 Å². The van der Waals surface area contributed by atoms with E-state index in [0.29, 0.717) is 32.7 Å². The molecule has 1 fully saturated rings. The minimum Gasteiger partial charge on any atom is -0.486 e. The van der Waals surface area contributed by atoms with Crippen molar-refractivity contribution in [2.24, 2.45) is 5.73 Å². The number of hydrogen-bond donors (Lipinski definition) is 2. The van der Waals surface area contributed by atoms with Crippen LogP contribution in [-0.2, 0) is 11.3 Å². The predicted molar refractivity (Wildman–Crippen MR) is 80.7 cm³/mol. The number of β-amino-alcohol motifs (C(OH)–C–C–N with tert-alkyl or cyclic N) is 1. The molecule has 0 bridgehead atoms. The summed E-state index contributed by atoms with van der Waals surface area (Å²) in [7, 11) is 0. The van der Waals surface area contributed by atoms with Crippen LogP contribution in [0, 0.1) is 0 Å². The third kappa shape index (κ3) is 3.51. The maximum atomic E-state index is 11.1. The summed E-state index contributed by atoms with van der Waals surface area (Å²) in [4.78, 5) is 13.3. The molecule has 1 saturated heterocycles. The normalized spacial score (nSPS) is 25.0. The Balaban J connectivity index is 1.66. The van der Waals surface area contributed by atoms with E-state index < -0.39 is 11.5 Å². The van der Waals surface area contributed by atoms with Gasteiger partial charge in [0.05, 0.1) is 12.0 Å². The van der Waals surface area contributed by atoms with Gasteiger partial charge in [-0.2, -0.15) is 0 Å². The number of likely N-dealkylation sites (tertiary alicyclic amines) is 1. The molecule has 2 aliphatic heterocycles. The molecule has 3 N–H and O–H groups in total. The zero-order chi connectivity index (χ0) is 15.6. The summed E-state index contributed by atoms with van der Waals surface area (Å²) in [5.41, 5.74) is 5.34. The Bertz CT molecular complexity index is 563. The van der Waals surface area contributed by atoms with Gasteiger partial charge in [0.1, 0.15) is 13.2 Å². The zero-order valence-corrected chi connectivity index (χ0v) is 12.6. The zero-order valence-electron chi connectivity index (χ0n) is 12.6. The monoisotopic (exact) mass is 306 g/mol. The van der Waals surface area contributed by atoms with E-state index in [4.69, 9.17) is 15.2 Å². The van der Waals surface area contributed by atoms with E-state index in [9.17, 15) is 9.90 Å². The van der Waals surface area contributed by atoms with Crippen LogP contribution in [0.25, 0.3) is 0 Å². The molecule has 120 valence electrons. The van der Waals surface area contributed by atoms with Crippen molar-refractivity contribution >= 4 is 5.91 Å². The minimum absolute atomic E-state index is 0.0185. The predicted octanol–water partition coefficient (Wildman–Crippen LogP) is 0.660. The van der Waals surface area contributed by atoms with Gasteiger partial charge in [-0.25, -0.2) is 0 Å². The fourth-order valence-corrected chi connectivity index (χ4v) is 3.25. The fourth-order valence-electron chi connectivity index (χ4n) is 3.25. The number of primary amides is 1. The van der Waals surface area contributed by atoms with Crippen molar-refractivity contribution in [3.63, 3.8) is 0 Å². The van der Waals surface area contributed by atoms with Gasteiger partial charge in [0, 0.05) is 13.1 Å². The van der Waals surface area contributed by atoms with E-state index in [2.05, 4.69) is 4.90 Å². The van der Waals surface area contributed by atoms with Gasteiger partial charge in [-0.05, 0) is 37.1 Å². The van der Waals surface area contributed by atoms with Crippen molar-refractivity contribution in [3.05, 3.63) is 23.8 Å². The highest BCUT2D eigenvalue weighted by molar-refractivity contribution is 5.75. The molecule has 6 nitrogen and oxygen atoms in total. The quantitative estimate of drug-likeness (QED) is 0.853. The van der Waals surface area contributed by atoms with Crippen molar-refractivity contribution in [3.8, 4) is 11.5 Å². The first-order valence-electron chi connectivity index (χ1n) is 7.66. The van der Waals surface area contributed by atoms with Gasteiger partial charge in [0.15, 0.2) is 11.5 Å². The molecule has 0 spiro atoms. The molecule has 2 aliphatic rings. The van der Waals surface area contributed by atoms with Gasteiger partial charge in [0.25, 0.3) is 0 Å². The fraction of sp³-hybridized carbons (Fsp3) is 0.562. The van der Waals surface area contributed by atoms with E-state index in [1.165, 1.54) is 0 Å². The molecule has 0 aromatic heterocycles. The number of benzene rings is 1. The third-order valence-electron chi connectivity index (χ3n) is 4.15. The number of ether oxygens (including phenoxy) is 2. The van der Waals surface area contributed by atoms with E-state index >= 15 is 0 Å². The average Bonchev–Trinajstić information content (AvgIpc) is 2.46. The number of carbonyl (C=O) groups excluding carboxylic acids is 1. The number of piperidine rings is 1. The number of aliphatic hydroxyl groups is 1. The Kier molecular flexibility index (Phi) is 4.22. The van der Waals surface area contributed by atoms with Crippen LogP contribution in [0.15, 0.2) is 18.2 Å². The largest absolute Gasteiger partial charge is 0.486 e. The first-order chi connectivity index (χ1) is 10.5. The van der Waals surface area contributed by atoms with Gasteiger partial charge in [-0.3, -0.25) is 9.69 Å². The Morgan fingerprint density at radius 2 is 2.09 bits per heavy atom. The molecule has 6 heteroatoms. The van der Waals surface area contributed by atoms with Crippen LogP contribution in [0.4, 0.5) is 0 Å². The Labute approximate surface area is 129 Å². The highest BCUT2D eigenvalue weighted by Gasteiger charge is 2.34. The van der Waals surface area contributed by atoms with Crippen molar-refractivity contribution in [1.82, 2.24) is 4.90 Å². The maximum absolute atomic E-state index is 11.1. The van der Waals surface area contributed by atoms with Crippen LogP contribution in [0.3, 0.4) is 0 Å². The third-order valence-corrected chi connectivity index (χ3v) is 4.15.